The summed E-state index contributed by atoms with van der Waals surface area (Å²) in [7, 11) is 1.98. The van der Waals surface area contributed by atoms with Crippen LogP contribution in [0.2, 0.25) is 0 Å². The third-order valence-electron chi connectivity index (χ3n) is 7.53. The maximum Gasteiger partial charge on any atom is 0.416 e. The van der Waals surface area contributed by atoms with Gasteiger partial charge in [-0.3, -0.25) is 9.59 Å². The van der Waals surface area contributed by atoms with E-state index in [2.05, 4.69) is 10.2 Å². The molecule has 2 N–H and O–H groups in total. The fourth-order valence-electron chi connectivity index (χ4n) is 5.96. The number of phenolic OH excluding ortho intramolecular Hbond substituents is 1. The Hall–Kier alpha value is -3.33. The molecule has 1 heterocycles. The van der Waals surface area contributed by atoms with Gasteiger partial charge >= 0.3 is 12.1 Å². The zero-order chi connectivity index (χ0) is 26.8. The van der Waals surface area contributed by atoms with Crippen molar-refractivity contribution in [3.05, 3.63) is 71.3 Å². The highest BCUT2D eigenvalue weighted by Crippen LogP contribution is 2.53. The summed E-state index contributed by atoms with van der Waals surface area (Å²) < 4.78 is 45.0. The molecule has 1 saturated carbocycles. The fraction of sp³-hybridized carbons (Fsp3) is 0.429. The standard InChI is InChI=1S/C28H31F3N2O4/c1-19(34)37-27-12-11-23(32-25(36)10-9-20-5-3-7-22(15-20)28(29,30)31)17-26(27,13-14-33(2)18-27)21-6-4-8-24(35)16-21/h3-10,15-16,23,35H,11-14,17-18H2,1-2H3,(H,32,36). The number of alkyl halides is 3. The maximum atomic E-state index is 13.0. The highest BCUT2D eigenvalue weighted by atomic mass is 19.4. The van der Waals surface area contributed by atoms with Gasteiger partial charge in [-0.1, -0.05) is 24.3 Å². The molecule has 0 bridgehead atoms. The molecule has 4 rings (SSSR count). The van der Waals surface area contributed by atoms with Gasteiger partial charge in [-0.2, -0.15) is 13.2 Å². The molecular weight excluding hydrogens is 485 g/mol. The molecule has 0 spiro atoms. The van der Waals surface area contributed by atoms with Crippen LogP contribution in [0.3, 0.4) is 0 Å². The van der Waals surface area contributed by atoms with Crippen LogP contribution in [-0.4, -0.2) is 53.7 Å². The number of aromatic hydroxyl groups is 1. The minimum atomic E-state index is -4.46. The molecule has 9 heteroatoms. The average molecular weight is 517 g/mol. The summed E-state index contributed by atoms with van der Waals surface area (Å²) in [6.07, 6.45) is 0.347. The van der Waals surface area contributed by atoms with Crippen LogP contribution in [0.5, 0.6) is 5.75 Å². The molecule has 6 nitrogen and oxygen atoms in total. The number of fused-ring (bicyclic) bond motifs is 1. The van der Waals surface area contributed by atoms with E-state index in [1.807, 2.05) is 13.1 Å². The normalized spacial score (nSPS) is 26.5. The molecule has 2 fully saturated rings. The van der Waals surface area contributed by atoms with Gasteiger partial charge in [0.25, 0.3) is 0 Å². The molecule has 2 aromatic rings. The summed E-state index contributed by atoms with van der Waals surface area (Å²) in [6.45, 7) is 2.66. The molecule has 1 aliphatic heterocycles. The molecule has 0 aromatic heterocycles. The molecular formula is C28H31F3N2O4. The molecule has 2 aromatic carbocycles. The second-order valence-corrected chi connectivity index (χ2v) is 10.1. The number of carbonyl (C=O) groups is 2. The molecule has 37 heavy (non-hydrogen) atoms. The smallest absolute Gasteiger partial charge is 0.416 e. The first kappa shape index (κ1) is 26.7. The van der Waals surface area contributed by atoms with Crippen molar-refractivity contribution in [1.82, 2.24) is 10.2 Å². The van der Waals surface area contributed by atoms with Gasteiger partial charge in [-0.25, -0.2) is 0 Å². The van der Waals surface area contributed by atoms with Crippen molar-refractivity contribution in [2.75, 3.05) is 20.1 Å². The number of rotatable bonds is 5. The highest BCUT2D eigenvalue weighted by Gasteiger charge is 2.60. The summed E-state index contributed by atoms with van der Waals surface area (Å²) in [6, 6.07) is 11.5. The van der Waals surface area contributed by atoms with E-state index in [4.69, 9.17) is 4.74 Å². The molecule has 1 saturated heterocycles. The average Bonchev–Trinajstić information content (AvgIpc) is 2.82. The first-order valence-electron chi connectivity index (χ1n) is 12.3. The highest BCUT2D eigenvalue weighted by molar-refractivity contribution is 5.92. The van der Waals surface area contributed by atoms with E-state index in [1.165, 1.54) is 31.2 Å². The number of nitrogens with one attached hydrogen (secondary N) is 1. The van der Waals surface area contributed by atoms with Crippen molar-refractivity contribution in [3.8, 4) is 5.75 Å². The molecule has 3 unspecified atom stereocenters. The lowest BCUT2D eigenvalue weighted by Gasteiger charge is -2.59. The zero-order valence-electron chi connectivity index (χ0n) is 20.8. The minimum Gasteiger partial charge on any atom is -0.508 e. The third-order valence-corrected chi connectivity index (χ3v) is 7.53. The number of hydrogen-bond acceptors (Lipinski definition) is 5. The molecule has 0 radical (unpaired) electrons. The van der Waals surface area contributed by atoms with Crippen LogP contribution in [0.15, 0.2) is 54.6 Å². The molecule has 2 aliphatic rings. The number of amides is 1. The minimum absolute atomic E-state index is 0.109. The number of ether oxygens (including phenoxy) is 1. The van der Waals surface area contributed by atoms with Crippen molar-refractivity contribution >= 4 is 18.0 Å². The van der Waals surface area contributed by atoms with E-state index in [0.717, 1.165) is 24.2 Å². The van der Waals surface area contributed by atoms with Gasteiger partial charge in [-0.15, -0.1) is 0 Å². The zero-order valence-corrected chi connectivity index (χ0v) is 20.8. The number of esters is 1. The second-order valence-electron chi connectivity index (χ2n) is 10.1. The predicted molar refractivity (Wildman–Crippen MR) is 133 cm³/mol. The number of phenols is 1. The van der Waals surface area contributed by atoms with Crippen LogP contribution in [-0.2, 0) is 25.9 Å². The van der Waals surface area contributed by atoms with Crippen LogP contribution in [0.25, 0.3) is 6.08 Å². The Kier molecular flexibility index (Phi) is 7.37. The van der Waals surface area contributed by atoms with E-state index in [-0.39, 0.29) is 23.3 Å². The Morgan fingerprint density at radius 3 is 2.62 bits per heavy atom. The fourth-order valence-corrected chi connectivity index (χ4v) is 5.96. The topological polar surface area (TPSA) is 78.9 Å². The van der Waals surface area contributed by atoms with E-state index in [0.29, 0.717) is 32.2 Å². The van der Waals surface area contributed by atoms with Crippen LogP contribution >= 0.6 is 0 Å². The molecule has 1 aliphatic carbocycles. The third kappa shape index (κ3) is 5.66. The number of hydrogen-bond donors (Lipinski definition) is 2. The van der Waals surface area contributed by atoms with Crippen molar-refractivity contribution < 1.29 is 32.6 Å². The Morgan fingerprint density at radius 2 is 1.92 bits per heavy atom. The second kappa shape index (κ2) is 10.2. The number of halogens is 3. The number of nitrogens with zero attached hydrogens (tertiary/aromatic N) is 1. The number of likely N-dealkylation sites (N-methyl/N-ethyl adjacent to an activating group) is 1. The van der Waals surface area contributed by atoms with Crippen molar-refractivity contribution in [3.63, 3.8) is 0 Å². The van der Waals surface area contributed by atoms with Crippen LogP contribution < -0.4 is 5.32 Å². The van der Waals surface area contributed by atoms with Crippen LogP contribution in [0, 0.1) is 0 Å². The molecule has 1 amide bonds. The van der Waals surface area contributed by atoms with E-state index < -0.39 is 28.7 Å². The van der Waals surface area contributed by atoms with Gasteiger partial charge in [0, 0.05) is 31.0 Å². The number of carbonyl (C=O) groups excluding carboxylic acids is 2. The Bertz CT molecular complexity index is 1200. The lowest BCUT2D eigenvalue weighted by atomic mass is 9.55. The van der Waals surface area contributed by atoms with Gasteiger partial charge in [0.2, 0.25) is 5.91 Å². The Balaban J connectivity index is 1.58. The van der Waals surface area contributed by atoms with Crippen molar-refractivity contribution in [1.29, 1.82) is 0 Å². The van der Waals surface area contributed by atoms with E-state index in [9.17, 15) is 27.9 Å². The van der Waals surface area contributed by atoms with Gasteiger partial charge < -0.3 is 20.1 Å². The summed E-state index contributed by atoms with van der Waals surface area (Å²) in [5.74, 6) is -0.689. The SMILES string of the molecule is CC(=O)OC12CCC(NC(=O)C=Cc3cccc(C(F)(F)F)c3)CC1(c1cccc(O)c1)CCN(C)C2. The van der Waals surface area contributed by atoms with Gasteiger partial charge in [0.1, 0.15) is 11.4 Å². The van der Waals surface area contributed by atoms with Gasteiger partial charge in [-0.05, 0) is 80.7 Å². The van der Waals surface area contributed by atoms with Crippen molar-refractivity contribution in [2.45, 2.75) is 55.8 Å². The Morgan fingerprint density at radius 1 is 1.16 bits per heavy atom. The monoisotopic (exact) mass is 516 g/mol. The predicted octanol–water partition coefficient (Wildman–Crippen LogP) is 4.67. The van der Waals surface area contributed by atoms with Gasteiger partial charge in [0.05, 0.1) is 5.56 Å². The number of piperidine rings is 1. The van der Waals surface area contributed by atoms with Crippen LogP contribution in [0.4, 0.5) is 13.2 Å². The first-order valence-corrected chi connectivity index (χ1v) is 12.3. The van der Waals surface area contributed by atoms with E-state index >= 15 is 0 Å². The van der Waals surface area contributed by atoms with Gasteiger partial charge in [0.15, 0.2) is 0 Å². The molecule has 3 atom stereocenters. The van der Waals surface area contributed by atoms with E-state index in [1.54, 1.807) is 18.2 Å². The number of likely N-dealkylation sites (tertiary alicyclic amines) is 1. The Labute approximate surface area is 214 Å². The lowest BCUT2D eigenvalue weighted by Crippen LogP contribution is -2.68. The van der Waals surface area contributed by atoms with Crippen LogP contribution in [0.1, 0.15) is 49.3 Å². The summed E-state index contributed by atoms with van der Waals surface area (Å²) in [4.78, 5) is 27.1. The first-order chi connectivity index (χ1) is 17.4. The lowest BCUT2D eigenvalue weighted by molar-refractivity contribution is -0.185. The molecule has 198 valence electrons. The van der Waals surface area contributed by atoms with Crippen molar-refractivity contribution in [2.24, 2.45) is 0 Å². The quantitative estimate of drug-likeness (QED) is 0.446. The largest absolute Gasteiger partial charge is 0.508 e. The summed E-state index contributed by atoms with van der Waals surface area (Å²) in [5, 5.41) is 13.2. The summed E-state index contributed by atoms with van der Waals surface area (Å²) >= 11 is 0. The number of benzene rings is 2. The summed E-state index contributed by atoms with van der Waals surface area (Å²) in [5.41, 5.74) is -1.12. The maximum absolute atomic E-state index is 13.0.